The SMILES string of the molecule is Brc1cc(C2CCCCC2)c2ccc3c(Br)cc(C4CCCCC4)c4ccc1c2c34. The van der Waals surface area contributed by atoms with Crippen molar-refractivity contribution in [2.24, 2.45) is 0 Å². The maximum atomic E-state index is 3.96. The molecule has 4 aromatic carbocycles. The van der Waals surface area contributed by atoms with E-state index in [1.54, 1.807) is 11.1 Å². The molecule has 2 fully saturated rings. The Kier molecular flexibility index (Phi) is 5.07. The molecule has 0 nitrogen and oxygen atoms in total. The molecule has 0 aliphatic heterocycles. The summed E-state index contributed by atoms with van der Waals surface area (Å²) >= 11 is 7.92. The average Bonchev–Trinajstić information content (AvgIpc) is 2.80. The fourth-order valence-electron chi connectivity index (χ4n) is 6.46. The van der Waals surface area contributed by atoms with Crippen LogP contribution in [-0.2, 0) is 0 Å². The fourth-order valence-corrected chi connectivity index (χ4v) is 7.62. The van der Waals surface area contributed by atoms with Gasteiger partial charge in [0.25, 0.3) is 0 Å². The average molecular weight is 524 g/mol. The molecule has 2 aliphatic carbocycles. The van der Waals surface area contributed by atoms with Gasteiger partial charge in [0.2, 0.25) is 0 Å². The highest BCUT2D eigenvalue weighted by Crippen LogP contribution is 2.48. The first-order chi connectivity index (χ1) is 14.7. The van der Waals surface area contributed by atoms with Gasteiger partial charge in [0.05, 0.1) is 0 Å². The highest BCUT2D eigenvalue weighted by molar-refractivity contribution is 9.11. The Morgan fingerprint density at radius 2 is 0.867 bits per heavy atom. The van der Waals surface area contributed by atoms with Gasteiger partial charge >= 0.3 is 0 Å². The molecule has 2 saturated carbocycles. The van der Waals surface area contributed by atoms with Crippen LogP contribution in [0.25, 0.3) is 32.3 Å². The Morgan fingerprint density at radius 3 is 1.27 bits per heavy atom. The first-order valence-corrected chi connectivity index (χ1v) is 13.4. The van der Waals surface area contributed by atoms with Gasteiger partial charge in [-0.1, -0.05) is 94.7 Å². The number of benzene rings is 4. The van der Waals surface area contributed by atoms with Crippen molar-refractivity contribution in [2.45, 2.75) is 76.0 Å². The molecule has 0 amide bonds. The van der Waals surface area contributed by atoms with E-state index >= 15 is 0 Å². The van der Waals surface area contributed by atoms with Crippen LogP contribution >= 0.6 is 31.9 Å². The van der Waals surface area contributed by atoms with Crippen LogP contribution in [0.4, 0.5) is 0 Å². The maximum Gasteiger partial charge on any atom is 0.0257 e. The van der Waals surface area contributed by atoms with Crippen LogP contribution in [0.15, 0.2) is 45.3 Å². The van der Waals surface area contributed by atoms with Crippen molar-refractivity contribution in [2.75, 3.05) is 0 Å². The van der Waals surface area contributed by atoms with Crippen LogP contribution in [0.3, 0.4) is 0 Å². The molecule has 2 heteroatoms. The molecule has 2 aliphatic rings. The van der Waals surface area contributed by atoms with E-state index in [1.807, 2.05) is 0 Å². The van der Waals surface area contributed by atoms with Crippen LogP contribution in [0.1, 0.15) is 87.2 Å². The highest BCUT2D eigenvalue weighted by atomic mass is 79.9. The monoisotopic (exact) mass is 522 g/mol. The number of halogens is 2. The molecule has 0 bridgehead atoms. The summed E-state index contributed by atoms with van der Waals surface area (Å²) in [6.07, 6.45) is 13.7. The molecule has 154 valence electrons. The van der Waals surface area contributed by atoms with Gasteiger partial charge in [-0.15, -0.1) is 0 Å². The second-order valence-corrected chi connectivity index (χ2v) is 11.3. The van der Waals surface area contributed by atoms with Gasteiger partial charge in [-0.05, 0) is 93.1 Å². The summed E-state index contributed by atoms with van der Waals surface area (Å²) in [5.41, 5.74) is 3.14. The van der Waals surface area contributed by atoms with Crippen molar-refractivity contribution in [1.82, 2.24) is 0 Å². The van der Waals surface area contributed by atoms with Gasteiger partial charge in [-0.2, -0.15) is 0 Å². The van der Waals surface area contributed by atoms with Crippen LogP contribution in [-0.4, -0.2) is 0 Å². The Morgan fingerprint density at radius 1 is 0.500 bits per heavy atom. The standard InChI is InChI=1S/C28H28Br2/c29-25-15-23(17-7-3-1-4-8-17)19-11-13-22-26(30)16-24(18-9-5-2-6-10-18)20-12-14-21(25)27(19)28(20)22/h11-18H,1-10H2. The first kappa shape index (κ1) is 19.6. The lowest BCUT2D eigenvalue weighted by atomic mass is 9.78. The highest BCUT2D eigenvalue weighted by Gasteiger charge is 2.24. The van der Waals surface area contributed by atoms with Crippen molar-refractivity contribution in [3.63, 3.8) is 0 Å². The predicted octanol–water partition coefficient (Wildman–Crippen LogP) is 10.2. The van der Waals surface area contributed by atoms with E-state index in [-0.39, 0.29) is 0 Å². The van der Waals surface area contributed by atoms with Crippen molar-refractivity contribution in [1.29, 1.82) is 0 Å². The van der Waals surface area contributed by atoms with Crippen LogP contribution in [0.5, 0.6) is 0 Å². The maximum absolute atomic E-state index is 3.96. The number of rotatable bonds is 2. The summed E-state index contributed by atoms with van der Waals surface area (Å²) in [5, 5.41) is 8.69. The zero-order chi connectivity index (χ0) is 20.2. The predicted molar refractivity (Wildman–Crippen MR) is 137 cm³/mol. The minimum Gasteiger partial charge on any atom is -0.0534 e. The topological polar surface area (TPSA) is 0 Å². The van der Waals surface area contributed by atoms with Crippen molar-refractivity contribution < 1.29 is 0 Å². The molecule has 0 saturated heterocycles. The van der Waals surface area contributed by atoms with Crippen molar-refractivity contribution in [3.8, 4) is 0 Å². The smallest absolute Gasteiger partial charge is 0.0257 e. The van der Waals surface area contributed by atoms with Gasteiger partial charge in [-0.25, -0.2) is 0 Å². The Bertz CT molecular complexity index is 1130. The lowest BCUT2D eigenvalue weighted by Crippen LogP contribution is -2.07. The van der Waals surface area contributed by atoms with E-state index in [9.17, 15) is 0 Å². The largest absolute Gasteiger partial charge is 0.0534 e. The van der Waals surface area contributed by atoms with Crippen LogP contribution in [0.2, 0.25) is 0 Å². The molecule has 0 N–H and O–H groups in total. The summed E-state index contributed by atoms with van der Waals surface area (Å²) in [6, 6.07) is 14.4. The van der Waals surface area contributed by atoms with E-state index in [4.69, 9.17) is 0 Å². The summed E-state index contributed by atoms with van der Waals surface area (Å²) in [7, 11) is 0. The number of hydrogen-bond donors (Lipinski definition) is 0. The molecule has 6 rings (SSSR count). The Hall–Kier alpha value is -1.12. The zero-order valence-corrected chi connectivity index (χ0v) is 20.6. The van der Waals surface area contributed by atoms with E-state index in [0.717, 1.165) is 0 Å². The van der Waals surface area contributed by atoms with E-state index in [1.165, 1.54) is 105 Å². The Labute approximate surface area is 196 Å². The lowest BCUT2D eigenvalue weighted by molar-refractivity contribution is 0.445. The molecule has 0 aromatic heterocycles. The molecular formula is C28H28Br2. The number of hydrogen-bond acceptors (Lipinski definition) is 0. The third kappa shape index (κ3) is 3.05. The van der Waals surface area contributed by atoms with E-state index in [0.29, 0.717) is 11.8 Å². The molecule has 30 heavy (non-hydrogen) atoms. The fraction of sp³-hybridized carbons (Fsp3) is 0.429. The minimum absolute atomic E-state index is 0.709. The second kappa shape index (κ2) is 7.78. The lowest BCUT2D eigenvalue weighted by Gasteiger charge is -2.27. The summed E-state index contributed by atoms with van der Waals surface area (Å²) < 4.78 is 2.54. The van der Waals surface area contributed by atoms with Crippen LogP contribution < -0.4 is 0 Å². The molecule has 0 unspecified atom stereocenters. The normalized spacial score (nSPS) is 19.4. The molecule has 0 heterocycles. The second-order valence-electron chi connectivity index (χ2n) is 9.64. The quantitative estimate of drug-likeness (QED) is 0.229. The molecule has 0 radical (unpaired) electrons. The third-order valence-electron chi connectivity index (χ3n) is 7.95. The summed E-state index contributed by atoms with van der Waals surface area (Å²) in [6.45, 7) is 0. The summed E-state index contributed by atoms with van der Waals surface area (Å²) in [5.74, 6) is 1.42. The Balaban J connectivity index is 1.68. The molecule has 4 aromatic rings. The molecule has 0 atom stereocenters. The van der Waals surface area contributed by atoms with Gasteiger partial charge in [0, 0.05) is 8.95 Å². The minimum atomic E-state index is 0.709. The molecular weight excluding hydrogens is 496 g/mol. The zero-order valence-electron chi connectivity index (χ0n) is 17.4. The first-order valence-electron chi connectivity index (χ1n) is 11.8. The third-order valence-corrected chi connectivity index (χ3v) is 9.26. The van der Waals surface area contributed by atoms with Gasteiger partial charge in [0.1, 0.15) is 0 Å². The summed E-state index contributed by atoms with van der Waals surface area (Å²) in [4.78, 5) is 0. The van der Waals surface area contributed by atoms with Crippen LogP contribution in [0, 0.1) is 0 Å². The van der Waals surface area contributed by atoms with Gasteiger partial charge in [-0.3, -0.25) is 0 Å². The van der Waals surface area contributed by atoms with Gasteiger partial charge < -0.3 is 0 Å². The molecule has 0 spiro atoms. The van der Waals surface area contributed by atoms with Crippen molar-refractivity contribution >= 4 is 64.2 Å². The van der Waals surface area contributed by atoms with Gasteiger partial charge in [0.15, 0.2) is 0 Å². The van der Waals surface area contributed by atoms with E-state index < -0.39 is 0 Å². The van der Waals surface area contributed by atoms with Crippen molar-refractivity contribution in [3.05, 3.63) is 56.5 Å². The van der Waals surface area contributed by atoms with E-state index in [2.05, 4.69) is 68.3 Å².